The number of ether oxygens (including phenoxy) is 1. The summed E-state index contributed by atoms with van der Waals surface area (Å²) in [6, 6.07) is 16.0. The number of hydrogen-bond acceptors (Lipinski definition) is 3. The standard InChI is InChI=1S/C21H29ClN4O.HI/c1-23-21(24-13-12-17-8-10-19(22)11-9-17)25-16-18-6-4-5-7-20(18)27-15-14-26(2)3;/h4-11H,12-16H2,1-3H3,(H2,23,24,25);1H. The number of rotatable bonds is 9. The minimum atomic E-state index is 0. The van der Waals surface area contributed by atoms with E-state index in [4.69, 9.17) is 16.3 Å². The molecular formula is C21H30ClIN4O. The Labute approximate surface area is 190 Å². The molecule has 28 heavy (non-hydrogen) atoms. The number of hydrogen-bond donors (Lipinski definition) is 2. The van der Waals surface area contributed by atoms with Gasteiger partial charge in [-0.2, -0.15) is 0 Å². The van der Waals surface area contributed by atoms with Crippen LogP contribution in [-0.2, 0) is 13.0 Å². The van der Waals surface area contributed by atoms with Crippen LogP contribution in [0.25, 0.3) is 0 Å². The Kier molecular flexibility index (Phi) is 11.9. The molecule has 2 N–H and O–H groups in total. The van der Waals surface area contributed by atoms with Crippen LogP contribution < -0.4 is 15.4 Å². The first kappa shape index (κ1) is 24.5. The van der Waals surface area contributed by atoms with E-state index < -0.39 is 0 Å². The fourth-order valence-electron chi connectivity index (χ4n) is 2.50. The summed E-state index contributed by atoms with van der Waals surface area (Å²) in [6.07, 6.45) is 0.905. The van der Waals surface area contributed by atoms with Gasteiger partial charge in [-0.3, -0.25) is 4.99 Å². The molecule has 154 valence electrons. The van der Waals surface area contributed by atoms with Crippen LogP contribution in [0.2, 0.25) is 5.02 Å². The Morgan fingerprint density at radius 2 is 1.79 bits per heavy atom. The van der Waals surface area contributed by atoms with Crippen molar-refractivity contribution < 1.29 is 4.74 Å². The molecule has 0 saturated heterocycles. The highest BCUT2D eigenvalue weighted by Crippen LogP contribution is 2.17. The van der Waals surface area contributed by atoms with Crippen molar-refractivity contribution in [3.63, 3.8) is 0 Å². The van der Waals surface area contributed by atoms with Crippen molar-refractivity contribution in [1.82, 2.24) is 15.5 Å². The molecule has 0 saturated carbocycles. The SMILES string of the molecule is CN=C(NCCc1ccc(Cl)cc1)NCc1ccccc1OCCN(C)C.I. The fourth-order valence-corrected chi connectivity index (χ4v) is 2.63. The fraction of sp³-hybridized carbons (Fsp3) is 0.381. The molecule has 0 heterocycles. The normalized spacial score (nSPS) is 11.1. The van der Waals surface area contributed by atoms with Crippen LogP contribution in [0.3, 0.4) is 0 Å². The summed E-state index contributed by atoms with van der Waals surface area (Å²) in [4.78, 5) is 6.39. The van der Waals surface area contributed by atoms with Gasteiger partial charge in [0.2, 0.25) is 0 Å². The van der Waals surface area contributed by atoms with E-state index in [0.29, 0.717) is 13.2 Å². The van der Waals surface area contributed by atoms with Gasteiger partial charge in [0.25, 0.3) is 0 Å². The number of likely N-dealkylation sites (N-methyl/N-ethyl adjacent to an activating group) is 1. The van der Waals surface area contributed by atoms with Crippen LogP contribution in [-0.4, -0.2) is 51.7 Å². The molecule has 0 radical (unpaired) electrons. The smallest absolute Gasteiger partial charge is 0.191 e. The number of halogens is 2. The average Bonchev–Trinajstić information content (AvgIpc) is 2.66. The third-order valence-corrected chi connectivity index (χ3v) is 4.31. The minimum Gasteiger partial charge on any atom is -0.492 e. The molecule has 2 rings (SSSR count). The highest BCUT2D eigenvalue weighted by molar-refractivity contribution is 14.0. The first-order valence-corrected chi connectivity index (χ1v) is 9.50. The molecule has 0 aliphatic heterocycles. The Bertz CT molecular complexity index is 723. The molecule has 5 nitrogen and oxygen atoms in total. The lowest BCUT2D eigenvalue weighted by atomic mass is 10.1. The molecule has 0 unspecified atom stereocenters. The van der Waals surface area contributed by atoms with Gasteiger partial charge >= 0.3 is 0 Å². The van der Waals surface area contributed by atoms with E-state index in [1.165, 1.54) is 5.56 Å². The lowest BCUT2D eigenvalue weighted by Crippen LogP contribution is -2.37. The number of guanidine groups is 1. The zero-order chi connectivity index (χ0) is 19.5. The quantitative estimate of drug-likeness (QED) is 0.302. The summed E-state index contributed by atoms with van der Waals surface area (Å²) in [5.41, 5.74) is 2.35. The first-order valence-electron chi connectivity index (χ1n) is 9.13. The van der Waals surface area contributed by atoms with Gasteiger partial charge < -0.3 is 20.3 Å². The second-order valence-electron chi connectivity index (χ2n) is 6.49. The summed E-state index contributed by atoms with van der Waals surface area (Å²) in [5.74, 6) is 1.68. The molecule has 0 atom stereocenters. The second kappa shape index (κ2) is 13.6. The van der Waals surface area contributed by atoms with Gasteiger partial charge in [-0.05, 0) is 44.3 Å². The van der Waals surface area contributed by atoms with Crippen molar-refractivity contribution in [1.29, 1.82) is 0 Å². The molecule has 0 spiro atoms. The maximum atomic E-state index is 5.92. The zero-order valence-electron chi connectivity index (χ0n) is 16.7. The molecule has 0 aromatic heterocycles. The van der Waals surface area contributed by atoms with Crippen LogP contribution in [0.5, 0.6) is 5.75 Å². The predicted octanol–water partition coefficient (Wildman–Crippen LogP) is 3.81. The highest BCUT2D eigenvalue weighted by atomic mass is 127. The summed E-state index contributed by atoms with van der Waals surface area (Å²) < 4.78 is 5.91. The minimum absolute atomic E-state index is 0. The van der Waals surface area contributed by atoms with Gasteiger partial charge in [-0.1, -0.05) is 41.9 Å². The maximum Gasteiger partial charge on any atom is 0.191 e. The Hall–Kier alpha value is -1.51. The number of nitrogens with one attached hydrogen (secondary N) is 2. The monoisotopic (exact) mass is 516 g/mol. The van der Waals surface area contributed by atoms with Crippen molar-refractivity contribution in [2.75, 3.05) is 40.8 Å². The number of para-hydroxylation sites is 1. The largest absolute Gasteiger partial charge is 0.492 e. The van der Waals surface area contributed by atoms with Crippen LogP contribution in [0, 0.1) is 0 Å². The van der Waals surface area contributed by atoms with E-state index in [1.54, 1.807) is 7.05 Å². The Morgan fingerprint density at radius 1 is 1.07 bits per heavy atom. The van der Waals surface area contributed by atoms with Crippen molar-refractivity contribution in [3.8, 4) is 5.75 Å². The lowest BCUT2D eigenvalue weighted by Gasteiger charge is -2.16. The van der Waals surface area contributed by atoms with Gasteiger partial charge in [-0.25, -0.2) is 0 Å². The van der Waals surface area contributed by atoms with Gasteiger partial charge in [0.15, 0.2) is 5.96 Å². The first-order chi connectivity index (χ1) is 13.1. The van der Waals surface area contributed by atoms with Crippen LogP contribution in [0.1, 0.15) is 11.1 Å². The van der Waals surface area contributed by atoms with Crippen LogP contribution >= 0.6 is 35.6 Å². The predicted molar refractivity (Wildman–Crippen MR) is 129 cm³/mol. The molecule has 0 fully saturated rings. The zero-order valence-corrected chi connectivity index (χ0v) is 19.8. The molecular weight excluding hydrogens is 487 g/mol. The average molecular weight is 517 g/mol. The van der Waals surface area contributed by atoms with Crippen molar-refractivity contribution >= 4 is 41.5 Å². The molecule has 2 aromatic rings. The molecule has 0 bridgehead atoms. The third kappa shape index (κ3) is 9.12. The Morgan fingerprint density at radius 3 is 2.46 bits per heavy atom. The molecule has 7 heteroatoms. The highest BCUT2D eigenvalue weighted by Gasteiger charge is 2.05. The van der Waals surface area contributed by atoms with Gasteiger partial charge in [-0.15, -0.1) is 24.0 Å². The van der Waals surface area contributed by atoms with Crippen molar-refractivity contribution in [2.24, 2.45) is 4.99 Å². The summed E-state index contributed by atoms with van der Waals surface area (Å²) in [7, 11) is 5.85. The number of nitrogens with zero attached hydrogens (tertiary/aromatic N) is 2. The maximum absolute atomic E-state index is 5.92. The van der Waals surface area contributed by atoms with E-state index in [9.17, 15) is 0 Å². The van der Waals surface area contributed by atoms with Gasteiger partial charge in [0, 0.05) is 37.3 Å². The van der Waals surface area contributed by atoms with Crippen LogP contribution in [0.4, 0.5) is 0 Å². The summed E-state index contributed by atoms with van der Waals surface area (Å²) >= 11 is 5.92. The second-order valence-corrected chi connectivity index (χ2v) is 6.92. The van der Waals surface area contributed by atoms with Crippen molar-refractivity contribution in [2.45, 2.75) is 13.0 Å². The Balaban J connectivity index is 0.00000392. The topological polar surface area (TPSA) is 48.9 Å². The van der Waals surface area contributed by atoms with E-state index >= 15 is 0 Å². The van der Waals surface area contributed by atoms with Gasteiger partial charge in [0.1, 0.15) is 12.4 Å². The van der Waals surface area contributed by atoms with Crippen molar-refractivity contribution in [3.05, 3.63) is 64.7 Å². The number of aliphatic imine (C=N–C) groups is 1. The summed E-state index contributed by atoms with van der Waals surface area (Å²) in [6.45, 7) is 2.99. The third-order valence-electron chi connectivity index (χ3n) is 4.06. The molecule has 0 aliphatic rings. The summed E-state index contributed by atoms with van der Waals surface area (Å²) in [5, 5.41) is 7.45. The molecule has 0 aliphatic carbocycles. The van der Waals surface area contributed by atoms with E-state index in [-0.39, 0.29) is 24.0 Å². The van der Waals surface area contributed by atoms with E-state index in [1.807, 2.05) is 56.6 Å². The van der Waals surface area contributed by atoms with E-state index in [2.05, 4.69) is 26.6 Å². The van der Waals surface area contributed by atoms with E-state index in [0.717, 1.165) is 41.8 Å². The van der Waals surface area contributed by atoms with Gasteiger partial charge in [0.05, 0.1) is 0 Å². The van der Waals surface area contributed by atoms with Crippen LogP contribution in [0.15, 0.2) is 53.5 Å². The number of benzene rings is 2. The molecule has 2 aromatic carbocycles. The molecule has 0 amide bonds. The lowest BCUT2D eigenvalue weighted by molar-refractivity contribution is 0.259.